The smallest absolute Gasteiger partial charge is 0.220 e. The van der Waals surface area contributed by atoms with Crippen molar-refractivity contribution in [3.63, 3.8) is 0 Å². The zero-order valence-electron chi connectivity index (χ0n) is 18.8. The second-order valence-corrected chi connectivity index (χ2v) is 10.2. The fraction of sp³-hybridized carbons (Fsp3) is 0.520. The molecule has 3 rings (SSSR count). The van der Waals surface area contributed by atoms with Crippen molar-refractivity contribution < 1.29 is 14.3 Å². The number of likely N-dealkylation sites (tertiary alicyclic amines) is 1. The lowest BCUT2D eigenvalue weighted by Gasteiger charge is -2.24. The number of nitrogens with one attached hydrogen (secondary N) is 1. The van der Waals surface area contributed by atoms with Gasteiger partial charge in [-0.15, -0.1) is 11.3 Å². The van der Waals surface area contributed by atoms with Gasteiger partial charge in [0.2, 0.25) is 5.91 Å². The van der Waals surface area contributed by atoms with Crippen LogP contribution in [0.25, 0.3) is 0 Å². The number of halogens is 1. The maximum absolute atomic E-state index is 12.6. The molecular formula is C25H33ClN2O3S. The van der Waals surface area contributed by atoms with E-state index in [9.17, 15) is 9.59 Å². The van der Waals surface area contributed by atoms with E-state index in [4.69, 9.17) is 16.3 Å². The van der Waals surface area contributed by atoms with Crippen molar-refractivity contribution in [1.29, 1.82) is 0 Å². The molecule has 0 spiro atoms. The highest BCUT2D eigenvalue weighted by molar-refractivity contribution is 7.16. The predicted octanol–water partition coefficient (Wildman–Crippen LogP) is 5.37. The van der Waals surface area contributed by atoms with E-state index >= 15 is 0 Å². The van der Waals surface area contributed by atoms with Crippen LogP contribution in [-0.2, 0) is 11.2 Å². The maximum Gasteiger partial charge on any atom is 0.220 e. The fourth-order valence-electron chi connectivity index (χ4n) is 4.11. The van der Waals surface area contributed by atoms with Gasteiger partial charge in [0.05, 0.1) is 11.4 Å². The van der Waals surface area contributed by atoms with Crippen LogP contribution in [0, 0.1) is 0 Å². The number of rotatable bonds is 13. The number of carbonyl (C=O) groups excluding carboxylic acids is 2. The van der Waals surface area contributed by atoms with Crippen LogP contribution in [-0.4, -0.2) is 49.4 Å². The van der Waals surface area contributed by atoms with Crippen LogP contribution in [0.1, 0.15) is 60.2 Å². The third-order valence-corrected chi connectivity index (χ3v) is 7.09. The quantitative estimate of drug-likeness (QED) is 0.312. The van der Waals surface area contributed by atoms with Crippen LogP contribution < -0.4 is 10.1 Å². The number of benzene rings is 1. The number of hydrogen-bond donors (Lipinski definition) is 1. The summed E-state index contributed by atoms with van der Waals surface area (Å²) in [7, 11) is 1.61. The summed E-state index contributed by atoms with van der Waals surface area (Å²) in [4.78, 5) is 28.5. The minimum atomic E-state index is 0.0957. The molecular weight excluding hydrogens is 444 g/mol. The van der Waals surface area contributed by atoms with E-state index in [1.807, 2.05) is 6.07 Å². The van der Waals surface area contributed by atoms with E-state index in [0.717, 1.165) is 55.4 Å². The first kappa shape index (κ1) is 24.7. The zero-order chi connectivity index (χ0) is 22.8. The molecule has 1 saturated heterocycles. The number of Topliss-reactive ketones (excluding diaryl/α,β-unsaturated/α-hetero) is 1. The van der Waals surface area contributed by atoms with Gasteiger partial charge in [-0.2, -0.15) is 0 Å². The van der Waals surface area contributed by atoms with Gasteiger partial charge in [-0.1, -0.05) is 18.0 Å². The van der Waals surface area contributed by atoms with Crippen molar-refractivity contribution in [3.05, 3.63) is 51.2 Å². The molecule has 5 nitrogen and oxygen atoms in total. The van der Waals surface area contributed by atoms with Crippen LogP contribution in [0.3, 0.4) is 0 Å². The third kappa shape index (κ3) is 8.23. The second-order valence-electron chi connectivity index (χ2n) is 8.39. The van der Waals surface area contributed by atoms with Gasteiger partial charge in [0.25, 0.3) is 0 Å². The van der Waals surface area contributed by atoms with Crippen molar-refractivity contribution in [1.82, 2.24) is 10.2 Å². The van der Waals surface area contributed by atoms with Gasteiger partial charge in [-0.25, -0.2) is 0 Å². The van der Waals surface area contributed by atoms with Crippen molar-refractivity contribution in [2.45, 2.75) is 57.4 Å². The van der Waals surface area contributed by atoms with E-state index in [1.54, 1.807) is 42.7 Å². The normalized spacial score (nSPS) is 14.9. The summed E-state index contributed by atoms with van der Waals surface area (Å²) < 4.78 is 5.91. The first-order chi connectivity index (χ1) is 15.5. The Labute approximate surface area is 200 Å². The second kappa shape index (κ2) is 13.0. The molecule has 7 heteroatoms. The summed E-state index contributed by atoms with van der Waals surface area (Å²) in [6.45, 7) is 3.11. The summed E-state index contributed by atoms with van der Waals surface area (Å²) >= 11 is 7.67. The number of amides is 1. The molecule has 0 aliphatic carbocycles. The Hall–Kier alpha value is -1.89. The largest absolute Gasteiger partial charge is 0.497 e. The molecule has 174 valence electrons. The predicted molar refractivity (Wildman–Crippen MR) is 131 cm³/mol. The van der Waals surface area contributed by atoms with Gasteiger partial charge in [-0.05, 0) is 75.2 Å². The van der Waals surface area contributed by atoms with Gasteiger partial charge >= 0.3 is 0 Å². The topological polar surface area (TPSA) is 58.6 Å². The highest BCUT2D eigenvalue weighted by Crippen LogP contribution is 2.23. The Morgan fingerprint density at radius 3 is 2.44 bits per heavy atom. The first-order valence-corrected chi connectivity index (χ1v) is 12.7. The molecule has 1 aliphatic heterocycles. The maximum atomic E-state index is 12.6. The highest BCUT2D eigenvalue weighted by Gasteiger charge is 2.20. The average molecular weight is 477 g/mol. The van der Waals surface area contributed by atoms with Crippen molar-refractivity contribution in [3.8, 4) is 5.75 Å². The summed E-state index contributed by atoms with van der Waals surface area (Å²) in [5, 5.41) is 3.24. The van der Waals surface area contributed by atoms with Crippen molar-refractivity contribution >= 4 is 34.6 Å². The van der Waals surface area contributed by atoms with Gasteiger partial charge in [0.15, 0.2) is 5.78 Å². The average Bonchev–Trinajstić information content (AvgIpc) is 3.45. The Morgan fingerprint density at radius 1 is 1.06 bits per heavy atom. The number of ether oxygens (including phenoxy) is 1. The highest BCUT2D eigenvalue weighted by atomic mass is 35.5. The molecule has 1 fully saturated rings. The van der Waals surface area contributed by atoms with Crippen molar-refractivity contribution in [2.24, 2.45) is 0 Å². The third-order valence-electron chi connectivity index (χ3n) is 5.84. The molecule has 1 aromatic carbocycles. The first-order valence-electron chi connectivity index (χ1n) is 11.5. The van der Waals surface area contributed by atoms with Crippen LogP contribution in [0.2, 0.25) is 4.34 Å². The molecule has 1 aliphatic rings. The summed E-state index contributed by atoms with van der Waals surface area (Å²) in [6, 6.07) is 11.3. The molecule has 0 radical (unpaired) electrons. The standard InChI is InChI=1S/C25H33ClN2O3S/c1-31-21-11-9-19(10-12-21)23(29)7-3-2-4-8-25(30)27-20(18-28-15-5-6-16-28)17-22-13-14-24(26)32-22/h9-14,20H,2-8,15-18H2,1H3,(H,27,30). The molecule has 1 amide bonds. The zero-order valence-corrected chi connectivity index (χ0v) is 20.4. The molecule has 1 atom stereocenters. The van der Waals surface area contributed by atoms with E-state index in [2.05, 4.69) is 16.3 Å². The molecule has 1 aromatic heterocycles. The molecule has 1 unspecified atom stereocenters. The number of methoxy groups -OCH3 is 1. The summed E-state index contributed by atoms with van der Waals surface area (Å²) in [6.07, 6.45) is 6.75. The summed E-state index contributed by atoms with van der Waals surface area (Å²) in [5.41, 5.74) is 0.710. The minimum absolute atomic E-state index is 0.0957. The Balaban J connectivity index is 1.37. The molecule has 0 saturated carbocycles. The fourth-order valence-corrected chi connectivity index (χ4v) is 5.28. The van der Waals surface area contributed by atoms with Crippen LogP contribution in [0.5, 0.6) is 5.75 Å². The van der Waals surface area contributed by atoms with Gasteiger partial charge in [0.1, 0.15) is 5.75 Å². The number of ketones is 1. The van der Waals surface area contributed by atoms with Gasteiger partial charge in [0, 0.05) is 42.3 Å². The molecule has 32 heavy (non-hydrogen) atoms. The molecule has 1 N–H and O–H groups in total. The van der Waals surface area contributed by atoms with E-state index < -0.39 is 0 Å². The Bertz CT molecular complexity index is 862. The van der Waals surface area contributed by atoms with Crippen molar-refractivity contribution in [2.75, 3.05) is 26.7 Å². The van der Waals surface area contributed by atoms with E-state index in [0.29, 0.717) is 18.4 Å². The Kier molecular flexibility index (Phi) is 10.0. The number of nitrogens with zero attached hydrogens (tertiary/aromatic N) is 1. The molecule has 2 heterocycles. The number of carbonyl (C=O) groups is 2. The van der Waals surface area contributed by atoms with Gasteiger partial charge < -0.3 is 15.0 Å². The number of unbranched alkanes of at least 4 members (excludes halogenated alkanes) is 2. The van der Waals surface area contributed by atoms with Crippen LogP contribution in [0.15, 0.2) is 36.4 Å². The Morgan fingerprint density at radius 2 is 1.78 bits per heavy atom. The number of thiophene rings is 1. The molecule has 2 aromatic rings. The van der Waals surface area contributed by atoms with E-state index in [1.165, 1.54) is 17.7 Å². The monoisotopic (exact) mass is 476 g/mol. The number of hydrogen-bond acceptors (Lipinski definition) is 5. The lowest BCUT2D eigenvalue weighted by Crippen LogP contribution is -2.44. The molecule has 0 bridgehead atoms. The lowest BCUT2D eigenvalue weighted by molar-refractivity contribution is -0.122. The lowest BCUT2D eigenvalue weighted by atomic mass is 10.0. The SMILES string of the molecule is COc1ccc(C(=O)CCCCCC(=O)NC(Cc2ccc(Cl)s2)CN2CCCC2)cc1. The van der Waals surface area contributed by atoms with E-state index in [-0.39, 0.29) is 17.7 Å². The van der Waals surface area contributed by atoms with Crippen LogP contribution in [0.4, 0.5) is 0 Å². The summed E-state index contributed by atoms with van der Waals surface area (Å²) in [5.74, 6) is 0.980. The van der Waals surface area contributed by atoms with Gasteiger partial charge in [-0.3, -0.25) is 9.59 Å². The minimum Gasteiger partial charge on any atom is -0.497 e. The van der Waals surface area contributed by atoms with Crippen LogP contribution >= 0.6 is 22.9 Å².